The summed E-state index contributed by atoms with van der Waals surface area (Å²) in [5.74, 6) is 0.495. The van der Waals surface area contributed by atoms with Crippen molar-refractivity contribution in [1.82, 2.24) is 10.2 Å². The van der Waals surface area contributed by atoms with E-state index < -0.39 is 0 Å². The lowest BCUT2D eigenvalue weighted by atomic mass is 10.1. The summed E-state index contributed by atoms with van der Waals surface area (Å²) < 4.78 is 0. The van der Waals surface area contributed by atoms with Gasteiger partial charge in [0.15, 0.2) is 5.96 Å². The Balaban J connectivity index is 2.32. The van der Waals surface area contributed by atoms with E-state index in [-0.39, 0.29) is 0 Å². The van der Waals surface area contributed by atoms with E-state index in [1.54, 1.807) is 6.08 Å². The predicted molar refractivity (Wildman–Crippen MR) is 64.9 cm³/mol. The Kier molecular flexibility index (Phi) is 4.90. The van der Waals surface area contributed by atoms with E-state index in [1.165, 1.54) is 5.57 Å². The summed E-state index contributed by atoms with van der Waals surface area (Å²) in [6.45, 7) is 7.11. The van der Waals surface area contributed by atoms with Crippen molar-refractivity contribution in [3.05, 3.63) is 24.3 Å². The second kappa shape index (κ2) is 6.24. The summed E-state index contributed by atoms with van der Waals surface area (Å²) in [7, 11) is 2.12. The number of likely N-dealkylation sites (N-methyl/N-ethyl adjacent to an activating group) is 1. The first-order valence-electron chi connectivity index (χ1n) is 5.23. The fraction of sp³-hybridized carbons (Fsp3) is 0.545. The zero-order chi connectivity index (χ0) is 11.1. The molecule has 15 heavy (non-hydrogen) atoms. The van der Waals surface area contributed by atoms with Crippen LogP contribution in [0, 0.1) is 0 Å². The van der Waals surface area contributed by atoms with Crippen LogP contribution in [0.15, 0.2) is 29.3 Å². The Labute approximate surface area is 91.5 Å². The van der Waals surface area contributed by atoms with Crippen molar-refractivity contribution in [3.8, 4) is 0 Å². The van der Waals surface area contributed by atoms with Crippen LogP contribution >= 0.6 is 0 Å². The van der Waals surface area contributed by atoms with Gasteiger partial charge in [-0.15, -0.1) is 6.58 Å². The van der Waals surface area contributed by atoms with Crippen molar-refractivity contribution in [1.29, 1.82) is 0 Å². The van der Waals surface area contributed by atoms with E-state index in [2.05, 4.69) is 34.9 Å². The monoisotopic (exact) mass is 208 g/mol. The molecule has 0 aromatic rings. The number of hydrogen-bond donors (Lipinski definition) is 2. The molecule has 1 rings (SSSR count). The van der Waals surface area contributed by atoms with Gasteiger partial charge in [0.2, 0.25) is 0 Å². The van der Waals surface area contributed by atoms with Crippen molar-refractivity contribution in [2.24, 2.45) is 10.7 Å². The Morgan fingerprint density at radius 3 is 3.20 bits per heavy atom. The van der Waals surface area contributed by atoms with Gasteiger partial charge in [0.25, 0.3) is 0 Å². The number of nitrogens with one attached hydrogen (secondary N) is 1. The second-order valence-electron chi connectivity index (χ2n) is 3.75. The molecule has 0 saturated heterocycles. The van der Waals surface area contributed by atoms with E-state index in [0.29, 0.717) is 19.0 Å². The molecule has 4 heteroatoms. The highest BCUT2D eigenvalue weighted by Gasteiger charge is 2.06. The Bertz CT molecular complexity index is 268. The molecule has 1 aliphatic rings. The van der Waals surface area contributed by atoms with Crippen LogP contribution in [0.3, 0.4) is 0 Å². The van der Waals surface area contributed by atoms with Crippen molar-refractivity contribution in [2.75, 3.05) is 33.2 Å². The Morgan fingerprint density at radius 2 is 2.60 bits per heavy atom. The van der Waals surface area contributed by atoms with Gasteiger partial charge >= 0.3 is 0 Å². The van der Waals surface area contributed by atoms with Gasteiger partial charge in [0.05, 0.1) is 6.54 Å². The molecule has 0 aliphatic carbocycles. The number of hydrogen-bond acceptors (Lipinski definition) is 2. The van der Waals surface area contributed by atoms with E-state index in [9.17, 15) is 0 Å². The summed E-state index contributed by atoms with van der Waals surface area (Å²) in [5.41, 5.74) is 7.03. The van der Waals surface area contributed by atoms with Gasteiger partial charge < -0.3 is 16.0 Å². The molecule has 0 bridgehead atoms. The standard InChI is InChI=1S/C11H20N4/c1-3-6-13-11(12)14-9-10-4-7-15(2)8-5-10/h3-4H,1,5-9H2,2H3,(H3,12,13,14). The van der Waals surface area contributed by atoms with Crippen LogP contribution < -0.4 is 11.1 Å². The van der Waals surface area contributed by atoms with Crippen LogP contribution in [0.2, 0.25) is 0 Å². The van der Waals surface area contributed by atoms with Crippen LogP contribution in [0.1, 0.15) is 6.42 Å². The lowest BCUT2D eigenvalue weighted by Crippen LogP contribution is -2.32. The number of nitrogens with zero attached hydrogens (tertiary/aromatic N) is 2. The molecule has 0 fully saturated rings. The molecule has 1 aliphatic heterocycles. The number of guanidine groups is 1. The van der Waals surface area contributed by atoms with Gasteiger partial charge in [-0.05, 0) is 13.5 Å². The van der Waals surface area contributed by atoms with Gasteiger partial charge in [-0.1, -0.05) is 17.7 Å². The van der Waals surface area contributed by atoms with Gasteiger partial charge in [-0.25, -0.2) is 4.99 Å². The molecule has 0 radical (unpaired) electrons. The van der Waals surface area contributed by atoms with E-state index >= 15 is 0 Å². The zero-order valence-electron chi connectivity index (χ0n) is 9.37. The maximum absolute atomic E-state index is 5.66. The third-order valence-corrected chi connectivity index (χ3v) is 2.39. The quantitative estimate of drug-likeness (QED) is 0.398. The van der Waals surface area contributed by atoms with Crippen LogP contribution in [0.25, 0.3) is 0 Å². The summed E-state index contributed by atoms with van der Waals surface area (Å²) in [5, 5.41) is 2.95. The fourth-order valence-electron chi connectivity index (χ4n) is 1.38. The zero-order valence-corrected chi connectivity index (χ0v) is 9.37. The Hall–Kier alpha value is -1.29. The largest absolute Gasteiger partial charge is 0.370 e. The molecular weight excluding hydrogens is 188 g/mol. The summed E-state index contributed by atoms with van der Waals surface area (Å²) in [6.07, 6.45) is 5.08. The minimum Gasteiger partial charge on any atom is -0.370 e. The molecule has 84 valence electrons. The molecular formula is C11H20N4. The highest BCUT2D eigenvalue weighted by Crippen LogP contribution is 2.08. The fourth-order valence-corrected chi connectivity index (χ4v) is 1.38. The van der Waals surface area contributed by atoms with Crippen LogP contribution in [0.5, 0.6) is 0 Å². The van der Waals surface area contributed by atoms with E-state index in [4.69, 9.17) is 5.73 Å². The van der Waals surface area contributed by atoms with Crippen LogP contribution in [0.4, 0.5) is 0 Å². The first-order chi connectivity index (χ1) is 7.22. The lowest BCUT2D eigenvalue weighted by Gasteiger charge is -2.21. The Morgan fingerprint density at radius 1 is 1.80 bits per heavy atom. The van der Waals surface area contributed by atoms with Crippen molar-refractivity contribution in [3.63, 3.8) is 0 Å². The SMILES string of the molecule is C=CCNC(N)=NCC1=CCN(C)CC1. The maximum atomic E-state index is 5.66. The van der Waals surface area contributed by atoms with Gasteiger partial charge in [-0.2, -0.15) is 0 Å². The predicted octanol–water partition coefficient (Wildman–Crippen LogP) is 0.339. The molecule has 0 unspecified atom stereocenters. The minimum atomic E-state index is 0.495. The normalized spacial score (nSPS) is 18.5. The summed E-state index contributed by atoms with van der Waals surface area (Å²) >= 11 is 0. The second-order valence-corrected chi connectivity index (χ2v) is 3.75. The molecule has 0 aromatic heterocycles. The average molecular weight is 208 g/mol. The highest BCUT2D eigenvalue weighted by atomic mass is 15.1. The molecule has 0 amide bonds. The third-order valence-electron chi connectivity index (χ3n) is 2.39. The molecule has 4 nitrogen and oxygen atoms in total. The third kappa shape index (κ3) is 4.65. The average Bonchev–Trinajstić information content (AvgIpc) is 2.25. The van der Waals surface area contributed by atoms with Crippen molar-refractivity contribution in [2.45, 2.75) is 6.42 Å². The molecule has 0 saturated carbocycles. The van der Waals surface area contributed by atoms with Crippen LogP contribution in [-0.2, 0) is 0 Å². The van der Waals surface area contributed by atoms with Gasteiger partial charge in [0, 0.05) is 19.6 Å². The number of aliphatic imine (C=N–C) groups is 1. The molecule has 3 N–H and O–H groups in total. The van der Waals surface area contributed by atoms with Crippen molar-refractivity contribution < 1.29 is 0 Å². The van der Waals surface area contributed by atoms with Crippen molar-refractivity contribution >= 4 is 5.96 Å². The summed E-state index contributed by atoms with van der Waals surface area (Å²) in [6, 6.07) is 0. The number of nitrogens with two attached hydrogens (primary N) is 1. The molecule has 0 spiro atoms. The summed E-state index contributed by atoms with van der Waals surface area (Å²) in [4.78, 5) is 6.54. The maximum Gasteiger partial charge on any atom is 0.189 e. The first-order valence-corrected chi connectivity index (χ1v) is 5.23. The molecule has 1 heterocycles. The van der Waals surface area contributed by atoms with E-state index in [0.717, 1.165) is 19.5 Å². The topological polar surface area (TPSA) is 53.6 Å². The minimum absolute atomic E-state index is 0.495. The van der Waals surface area contributed by atoms with Gasteiger partial charge in [0.1, 0.15) is 0 Å². The first kappa shape index (κ1) is 11.8. The van der Waals surface area contributed by atoms with Gasteiger partial charge in [-0.3, -0.25) is 0 Å². The molecule has 0 atom stereocenters. The van der Waals surface area contributed by atoms with Crippen LogP contribution in [-0.4, -0.2) is 44.1 Å². The smallest absolute Gasteiger partial charge is 0.189 e. The highest BCUT2D eigenvalue weighted by molar-refractivity contribution is 5.78. The van der Waals surface area contributed by atoms with E-state index in [1.807, 2.05) is 0 Å². The lowest BCUT2D eigenvalue weighted by molar-refractivity contribution is 0.358. The molecule has 0 aromatic carbocycles. The number of rotatable bonds is 4.